The molecule has 0 heterocycles. The van der Waals surface area contributed by atoms with Crippen LogP contribution in [0.3, 0.4) is 0 Å². The number of carbonyl (C=O) groups is 1. The summed E-state index contributed by atoms with van der Waals surface area (Å²) in [6.45, 7) is 0.462. The molecule has 3 N–H and O–H groups in total. The minimum absolute atomic E-state index is 0.276. The number of rotatable bonds is 6. The molecule has 0 saturated heterocycles. The normalized spacial score (nSPS) is 11.6. The Hall–Kier alpha value is -3.18. The number of hydroxylamine groups is 1. The molecule has 0 aliphatic heterocycles. The first-order valence-electron chi connectivity index (χ1n) is 8.24. The second kappa shape index (κ2) is 8.27. The van der Waals surface area contributed by atoms with Gasteiger partial charge in [-0.15, -0.1) is 0 Å². The minimum atomic E-state index is -0.628. The van der Waals surface area contributed by atoms with Crippen molar-refractivity contribution < 1.29 is 14.4 Å². The van der Waals surface area contributed by atoms with E-state index in [2.05, 4.69) is 5.32 Å². The molecule has 3 aromatic carbocycles. The first kappa shape index (κ1) is 17.6. The van der Waals surface area contributed by atoms with Gasteiger partial charge >= 0.3 is 0 Å². The van der Waals surface area contributed by atoms with Gasteiger partial charge in [0.2, 0.25) is 0 Å². The second-order valence-electron chi connectivity index (χ2n) is 5.93. The van der Waals surface area contributed by atoms with Crippen LogP contribution in [0.5, 0.6) is 0 Å². The fourth-order valence-electron chi connectivity index (χ4n) is 2.88. The van der Waals surface area contributed by atoms with Crippen molar-refractivity contribution >= 4 is 11.6 Å². The maximum atomic E-state index is 13.3. The third-order valence-corrected chi connectivity index (χ3v) is 4.11. The summed E-state index contributed by atoms with van der Waals surface area (Å²) in [6.07, 6.45) is 0. The van der Waals surface area contributed by atoms with Crippen molar-refractivity contribution in [1.82, 2.24) is 5.48 Å². The van der Waals surface area contributed by atoms with Gasteiger partial charge < -0.3 is 5.32 Å². The molecular weight excluding hydrogens is 331 g/mol. The zero-order valence-corrected chi connectivity index (χ0v) is 14.0. The highest BCUT2D eigenvalue weighted by molar-refractivity contribution is 5.86. The third kappa shape index (κ3) is 4.26. The summed E-state index contributed by atoms with van der Waals surface area (Å²) in [4.78, 5) is 12.2. The molecular formula is C21H19FN2O2. The molecule has 0 radical (unpaired) electrons. The van der Waals surface area contributed by atoms with Crippen molar-refractivity contribution in [2.45, 2.75) is 12.5 Å². The van der Waals surface area contributed by atoms with Crippen LogP contribution in [0, 0.1) is 5.82 Å². The Morgan fingerprint density at radius 2 is 1.65 bits per heavy atom. The van der Waals surface area contributed by atoms with Crippen molar-refractivity contribution in [3.63, 3.8) is 0 Å². The van der Waals surface area contributed by atoms with E-state index in [1.807, 2.05) is 60.7 Å². The Kier molecular flexibility index (Phi) is 5.61. The van der Waals surface area contributed by atoms with E-state index < -0.39 is 11.8 Å². The molecule has 4 nitrogen and oxygen atoms in total. The van der Waals surface area contributed by atoms with Crippen LogP contribution in [-0.4, -0.2) is 11.1 Å². The summed E-state index contributed by atoms with van der Waals surface area (Å²) in [5, 5.41) is 12.4. The number of halogens is 1. The number of carbonyl (C=O) groups excluding carboxylic acids is 1. The predicted molar refractivity (Wildman–Crippen MR) is 98.4 cm³/mol. The number of hydrogen-bond acceptors (Lipinski definition) is 3. The molecule has 0 bridgehead atoms. The Morgan fingerprint density at radius 3 is 2.38 bits per heavy atom. The Labute approximate surface area is 151 Å². The Balaban J connectivity index is 1.83. The van der Waals surface area contributed by atoms with Gasteiger partial charge in [0, 0.05) is 12.2 Å². The summed E-state index contributed by atoms with van der Waals surface area (Å²) in [5.74, 6) is -1.41. The van der Waals surface area contributed by atoms with Gasteiger partial charge in [0.05, 0.1) is 5.92 Å². The zero-order valence-electron chi connectivity index (χ0n) is 14.0. The molecule has 3 rings (SSSR count). The van der Waals surface area contributed by atoms with Gasteiger partial charge in [0.15, 0.2) is 0 Å². The van der Waals surface area contributed by atoms with Crippen molar-refractivity contribution in [3.8, 4) is 0 Å². The molecule has 26 heavy (non-hydrogen) atoms. The number of benzene rings is 3. The minimum Gasteiger partial charge on any atom is -0.381 e. The molecule has 0 aliphatic carbocycles. The van der Waals surface area contributed by atoms with Crippen LogP contribution >= 0.6 is 0 Å². The molecule has 0 fully saturated rings. The summed E-state index contributed by atoms with van der Waals surface area (Å²) in [7, 11) is 0. The van der Waals surface area contributed by atoms with Crippen LogP contribution in [-0.2, 0) is 11.3 Å². The standard InChI is InChI=1S/C21H19FN2O2/c22-18-10-4-6-15(12-18)14-23-19-11-5-9-17(13-19)20(21(25)24-26)16-7-2-1-3-8-16/h1-13,20,23,26H,14H2,(H,24,25). The highest BCUT2D eigenvalue weighted by Gasteiger charge is 2.22. The zero-order chi connectivity index (χ0) is 18.4. The van der Waals surface area contributed by atoms with E-state index in [1.54, 1.807) is 11.5 Å². The molecule has 0 spiro atoms. The Morgan fingerprint density at radius 1 is 0.923 bits per heavy atom. The van der Waals surface area contributed by atoms with E-state index in [1.165, 1.54) is 12.1 Å². The van der Waals surface area contributed by atoms with Crippen molar-refractivity contribution in [2.24, 2.45) is 0 Å². The summed E-state index contributed by atoms with van der Waals surface area (Å²) < 4.78 is 13.3. The first-order chi connectivity index (χ1) is 12.7. The van der Waals surface area contributed by atoms with E-state index in [-0.39, 0.29) is 5.82 Å². The number of anilines is 1. The van der Waals surface area contributed by atoms with Crippen molar-refractivity contribution in [1.29, 1.82) is 0 Å². The predicted octanol–water partition coefficient (Wildman–Crippen LogP) is 4.08. The van der Waals surface area contributed by atoms with Crippen LogP contribution in [0.4, 0.5) is 10.1 Å². The lowest BCUT2D eigenvalue weighted by Crippen LogP contribution is -2.27. The summed E-state index contributed by atoms with van der Waals surface area (Å²) in [6, 6.07) is 23.0. The quantitative estimate of drug-likeness (QED) is 0.464. The first-order valence-corrected chi connectivity index (χ1v) is 8.24. The largest absolute Gasteiger partial charge is 0.381 e. The number of hydrogen-bond donors (Lipinski definition) is 3. The topological polar surface area (TPSA) is 61.4 Å². The van der Waals surface area contributed by atoms with Crippen molar-refractivity contribution in [2.75, 3.05) is 5.32 Å². The van der Waals surface area contributed by atoms with Gasteiger partial charge in [-0.05, 0) is 41.0 Å². The molecule has 5 heteroatoms. The van der Waals surface area contributed by atoms with E-state index in [4.69, 9.17) is 5.21 Å². The highest BCUT2D eigenvalue weighted by Crippen LogP contribution is 2.27. The molecule has 1 atom stereocenters. The lowest BCUT2D eigenvalue weighted by molar-refractivity contribution is -0.129. The molecule has 0 saturated carbocycles. The maximum absolute atomic E-state index is 13.3. The fourth-order valence-corrected chi connectivity index (χ4v) is 2.88. The maximum Gasteiger partial charge on any atom is 0.255 e. The van der Waals surface area contributed by atoms with Crippen LogP contribution in [0.15, 0.2) is 78.9 Å². The fraction of sp³-hybridized carbons (Fsp3) is 0.0952. The highest BCUT2D eigenvalue weighted by atomic mass is 19.1. The van der Waals surface area contributed by atoms with Gasteiger partial charge in [0.1, 0.15) is 5.82 Å². The smallest absolute Gasteiger partial charge is 0.255 e. The van der Waals surface area contributed by atoms with Crippen LogP contribution in [0.2, 0.25) is 0 Å². The second-order valence-corrected chi connectivity index (χ2v) is 5.93. The summed E-state index contributed by atoms with van der Waals surface area (Å²) in [5.41, 5.74) is 4.89. The van der Waals surface area contributed by atoms with E-state index in [9.17, 15) is 9.18 Å². The molecule has 0 aliphatic rings. The van der Waals surface area contributed by atoms with E-state index in [0.29, 0.717) is 6.54 Å². The molecule has 0 aromatic heterocycles. The lowest BCUT2D eigenvalue weighted by atomic mass is 9.90. The van der Waals surface area contributed by atoms with Gasteiger partial charge in [0.25, 0.3) is 5.91 Å². The molecule has 3 aromatic rings. The van der Waals surface area contributed by atoms with Gasteiger partial charge in [-0.2, -0.15) is 0 Å². The molecule has 1 unspecified atom stereocenters. The van der Waals surface area contributed by atoms with E-state index in [0.717, 1.165) is 22.4 Å². The van der Waals surface area contributed by atoms with Gasteiger partial charge in [-0.3, -0.25) is 10.0 Å². The van der Waals surface area contributed by atoms with Gasteiger partial charge in [-0.25, -0.2) is 9.87 Å². The average Bonchev–Trinajstić information content (AvgIpc) is 2.68. The van der Waals surface area contributed by atoms with Crippen LogP contribution in [0.1, 0.15) is 22.6 Å². The van der Waals surface area contributed by atoms with Gasteiger partial charge in [-0.1, -0.05) is 54.6 Å². The number of nitrogens with one attached hydrogen (secondary N) is 2. The monoisotopic (exact) mass is 350 g/mol. The molecule has 1 amide bonds. The Bertz CT molecular complexity index is 884. The van der Waals surface area contributed by atoms with Crippen molar-refractivity contribution in [3.05, 3.63) is 101 Å². The SMILES string of the molecule is O=C(NO)C(c1ccccc1)c1cccc(NCc2cccc(F)c2)c1. The third-order valence-electron chi connectivity index (χ3n) is 4.11. The van der Waals surface area contributed by atoms with Crippen LogP contribution in [0.25, 0.3) is 0 Å². The number of amides is 1. The van der Waals surface area contributed by atoms with Crippen LogP contribution < -0.4 is 10.8 Å². The summed E-state index contributed by atoms with van der Waals surface area (Å²) >= 11 is 0. The molecule has 132 valence electrons. The lowest BCUT2D eigenvalue weighted by Gasteiger charge is -2.17. The average molecular weight is 350 g/mol. The van der Waals surface area contributed by atoms with E-state index >= 15 is 0 Å².